The fourth-order valence-electron chi connectivity index (χ4n) is 4.80. The summed E-state index contributed by atoms with van der Waals surface area (Å²) in [6, 6.07) is 4.29. The number of carbonyl (C=O) groups excluding carboxylic acids is 6. The van der Waals surface area contributed by atoms with Crippen molar-refractivity contribution in [3.8, 4) is 0 Å². The maximum atomic E-state index is 13.3. The van der Waals surface area contributed by atoms with E-state index in [1.54, 1.807) is 38.1 Å². The molecular formula is C29H42N6O8. The average molecular weight is 603 g/mol. The van der Waals surface area contributed by atoms with Crippen molar-refractivity contribution in [3.63, 3.8) is 0 Å². The number of hydrogen-bond acceptors (Lipinski definition) is 8. The first-order chi connectivity index (χ1) is 20.5. The van der Waals surface area contributed by atoms with Crippen LogP contribution in [-0.4, -0.2) is 109 Å². The maximum absolute atomic E-state index is 13.3. The van der Waals surface area contributed by atoms with Crippen molar-refractivity contribution in [2.75, 3.05) is 32.8 Å². The predicted molar refractivity (Wildman–Crippen MR) is 154 cm³/mol. The zero-order valence-corrected chi connectivity index (χ0v) is 24.8. The van der Waals surface area contributed by atoms with E-state index in [2.05, 4.69) is 26.6 Å². The van der Waals surface area contributed by atoms with Gasteiger partial charge in [-0.25, -0.2) is 0 Å². The van der Waals surface area contributed by atoms with Gasteiger partial charge in [-0.15, -0.1) is 0 Å². The second-order valence-electron chi connectivity index (χ2n) is 11.1. The lowest BCUT2D eigenvalue weighted by molar-refractivity contribution is -0.144. The number of nitrogens with one attached hydrogen (secondary N) is 5. The Morgan fingerprint density at radius 3 is 2.28 bits per heavy atom. The van der Waals surface area contributed by atoms with Gasteiger partial charge in [0.25, 0.3) is 5.91 Å². The van der Waals surface area contributed by atoms with Crippen LogP contribution in [0.2, 0.25) is 0 Å². The van der Waals surface area contributed by atoms with Gasteiger partial charge in [-0.3, -0.25) is 28.8 Å². The molecule has 43 heavy (non-hydrogen) atoms. The fourth-order valence-corrected chi connectivity index (χ4v) is 4.80. The first-order valence-corrected chi connectivity index (χ1v) is 14.5. The molecule has 0 saturated carbocycles. The lowest BCUT2D eigenvalue weighted by Gasteiger charge is -2.29. The standard InChI is InChI=1S/C29H42N6O8/c1-17(2)24-28(41)31-18(3)25(38)33-21(16-36)27(40)32-20(14-19-8-5-4-6-9-19)26(39)30-11-12-35(15-23(37)34-24)29(42)22-10-7-13-43-22/h4-6,8-9,17-18,20-22,24,36H,7,10-16H2,1-3H3,(H,30,39)(H,31,41)(H,32,40)(H,33,38)(H,34,37)/t18-,20+,21-,22+,24+/m0/s1. The third kappa shape index (κ3) is 9.75. The molecule has 2 aliphatic rings. The lowest BCUT2D eigenvalue weighted by atomic mass is 10.0. The van der Waals surface area contributed by atoms with E-state index < -0.39 is 72.3 Å². The number of amides is 6. The second kappa shape index (κ2) is 16.0. The number of aliphatic hydroxyl groups excluding tert-OH is 1. The molecule has 236 valence electrons. The topological polar surface area (TPSA) is 195 Å². The molecule has 2 heterocycles. The number of benzene rings is 1. The molecule has 5 atom stereocenters. The highest BCUT2D eigenvalue weighted by Crippen LogP contribution is 2.15. The van der Waals surface area contributed by atoms with Gasteiger partial charge >= 0.3 is 0 Å². The highest BCUT2D eigenvalue weighted by molar-refractivity contribution is 5.96. The van der Waals surface area contributed by atoms with Gasteiger partial charge in [0.2, 0.25) is 29.5 Å². The third-order valence-electron chi connectivity index (χ3n) is 7.28. The Bertz CT molecular complexity index is 1160. The van der Waals surface area contributed by atoms with E-state index in [0.29, 0.717) is 19.4 Å². The van der Waals surface area contributed by atoms with E-state index in [0.717, 1.165) is 5.56 Å². The van der Waals surface area contributed by atoms with Crippen molar-refractivity contribution >= 4 is 35.4 Å². The Morgan fingerprint density at radius 2 is 1.65 bits per heavy atom. The molecule has 3 rings (SSSR count). The summed E-state index contributed by atoms with van der Waals surface area (Å²) in [4.78, 5) is 79.9. The average Bonchev–Trinajstić information content (AvgIpc) is 3.52. The van der Waals surface area contributed by atoms with Crippen molar-refractivity contribution in [2.45, 2.75) is 70.3 Å². The quantitative estimate of drug-likeness (QED) is 0.222. The van der Waals surface area contributed by atoms with Crippen LogP contribution in [0.25, 0.3) is 0 Å². The van der Waals surface area contributed by atoms with Crippen LogP contribution in [0, 0.1) is 5.92 Å². The molecule has 0 unspecified atom stereocenters. The summed E-state index contributed by atoms with van der Waals surface area (Å²) in [5.41, 5.74) is 0.748. The minimum atomic E-state index is -1.41. The Labute approximate surface area is 250 Å². The van der Waals surface area contributed by atoms with Crippen LogP contribution in [0.5, 0.6) is 0 Å². The summed E-state index contributed by atoms with van der Waals surface area (Å²) >= 11 is 0. The van der Waals surface area contributed by atoms with Gasteiger partial charge in [0, 0.05) is 26.1 Å². The summed E-state index contributed by atoms with van der Waals surface area (Å²) < 4.78 is 5.52. The van der Waals surface area contributed by atoms with Gasteiger partial charge in [-0.1, -0.05) is 44.2 Å². The van der Waals surface area contributed by atoms with Crippen LogP contribution >= 0.6 is 0 Å². The second-order valence-corrected chi connectivity index (χ2v) is 11.1. The summed E-state index contributed by atoms with van der Waals surface area (Å²) in [5, 5.41) is 22.8. The van der Waals surface area contributed by atoms with Crippen molar-refractivity contribution in [1.82, 2.24) is 31.5 Å². The van der Waals surface area contributed by atoms with Gasteiger partial charge in [-0.05, 0) is 31.2 Å². The first-order valence-electron chi connectivity index (χ1n) is 14.5. The molecule has 1 aromatic carbocycles. The summed E-state index contributed by atoms with van der Waals surface area (Å²) in [6.07, 6.45) is 0.585. The monoisotopic (exact) mass is 602 g/mol. The highest BCUT2D eigenvalue weighted by atomic mass is 16.5. The Morgan fingerprint density at radius 1 is 0.953 bits per heavy atom. The molecule has 1 aromatic rings. The van der Waals surface area contributed by atoms with Gasteiger partial charge in [0.15, 0.2) is 0 Å². The van der Waals surface area contributed by atoms with Gasteiger partial charge in [0.05, 0.1) is 13.2 Å². The molecule has 6 amide bonds. The van der Waals surface area contributed by atoms with Gasteiger partial charge < -0.3 is 41.3 Å². The summed E-state index contributed by atoms with van der Waals surface area (Å²) in [5.74, 6) is -4.13. The molecule has 0 radical (unpaired) electrons. The molecule has 0 aliphatic carbocycles. The summed E-state index contributed by atoms with van der Waals surface area (Å²) in [7, 11) is 0. The SMILES string of the molecule is CC(C)[C@H]1NC(=O)CN(C(=O)[C@H]2CCCO2)CCNC(=O)[C@@H](Cc2ccccc2)NC(=O)[C@H](CO)NC(=O)[C@H](C)NC1=O. The number of rotatable bonds is 5. The molecule has 14 heteroatoms. The van der Waals surface area contributed by atoms with E-state index in [1.165, 1.54) is 11.8 Å². The van der Waals surface area contributed by atoms with Crippen LogP contribution in [0.1, 0.15) is 39.2 Å². The third-order valence-corrected chi connectivity index (χ3v) is 7.28. The zero-order chi connectivity index (χ0) is 31.5. The van der Waals surface area contributed by atoms with Gasteiger partial charge in [0.1, 0.15) is 30.3 Å². The predicted octanol–water partition coefficient (Wildman–Crippen LogP) is -2.03. The van der Waals surface area contributed by atoms with Crippen molar-refractivity contribution < 1.29 is 38.6 Å². The molecule has 0 aromatic heterocycles. The first kappa shape index (κ1) is 33.5. The molecule has 2 aliphatic heterocycles. The molecule has 0 spiro atoms. The van der Waals surface area contributed by atoms with Crippen LogP contribution in [-0.2, 0) is 39.9 Å². The Balaban J connectivity index is 1.89. The number of carbonyl (C=O) groups is 6. The summed E-state index contributed by atoms with van der Waals surface area (Å²) in [6.45, 7) is 4.02. The number of aliphatic hydroxyl groups is 1. The molecule has 2 saturated heterocycles. The largest absolute Gasteiger partial charge is 0.394 e. The molecular weight excluding hydrogens is 560 g/mol. The molecule has 2 fully saturated rings. The minimum Gasteiger partial charge on any atom is -0.394 e. The van der Waals surface area contributed by atoms with Crippen LogP contribution in [0.4, 0.5) is 0 Å². The lowest BCUT2D eigenvalue weighted by Crippen LogP contribution is -2.60. The number of ether oxygens (including phenoxy) is 1. The van der Waals surface area contributed by atoms with Crippen molar-refractivity contribution in [1.29, 1.82) is 0 Å². The van der Waals surface area contributed by atoms with Crippen LogP contribution < -0.4 is 26.6 Å². The maximum Gasteiger partial charge on any atom is 0.252 e. The molecule has 14 nitrogen and oxygen atoms in total. The number of nitrogens with zero attached hydrogens (tertiary/aromatic N) is 1. The highest BCUT2D eigenvalue weighted by Gasteiger charge is 2.33. The molecule has 0 bridgehead atoms. The van der Waals surface area contributed by atoms with E-state index in [1.807, 2.05) is 6.07 Å². The van der Waals surface area contributed by atoms with E-state index in [-0.39, 0.29) is 32.0 Å². The Kier molecular flexibility index (Phi) is 12.4. The fraction of sp³-hybridized carbons (Fsp3) is 0.586. The zero-order valence-electron chi connectivity index (χ0n) is 24.8. The van der Waals surface area contributed by atoms with E-state index >= 15 is 0 Å². The molecule has 6 N–H and O–H groups in total. The minimum absolute atomic E-state index is 0.0330. The smallest absolute Gasteiger partial charge is 0.252 e. The van der Waals surface area contributed by atoms with E-state index in [4.69, 9.17) is 4.74 Å². The van der Waals surface area contributed by atoms with E-state index in [9.17, 15) is 33.9 Å². The number of hydrogen-bond donors (Lipinski definition) is 6. The van der Waals surface area contributed by atoms with Crippen molar-refractivity contribution in [2.24, 2.45) is 5.92 Å². The van der Waals surface area contributed by atoms with Crippen LogP contribution in [0.3, 0.4) is 0 Å². The normalized spacial score (nSPS) is 26.9. The van der Waals surface area contributed by atoms with Gasteiger partial charge in [-0.2, -0.15) is 0 Å². The Hall–Kier alpha value is -4.04. The van der Waals surface area contributed by atoms with Crippen LogP contribution in [0.15, 0.2) is 30.3 Å². The van der Waals surface area contributed by atoms with Crippen molar-refractivity contribution in [3.05, 3.63) is 35.9 Å².